The Kier molecular flexibility index (Phi) is 10.3. The Morgan fingerprint density at radius 3 is 2.33 bits per heavy atom. The second-order valence-corrected chi connectivity index (χ2v) is 14.5. The number of carbonyl (C=O) groups excluding carboxylic acids is 3. The van der Waals surface area contributed by atoms with Gasteiger partial charge >= 0.3 is 18.2 Å². The fourth-order valence-corrected chi connectivity index (χ4v) is 8.26. The summed E-state index contributed by atoms with van der Waals surface area (Å²) in [6.07, 6.45) is -2.48. The fourth-order valence-electron chi connectivity index (χ4n) is 7.19. The van der Waals surface area contributed by atoms with Crippen molar-refractivity contribution in [2.45, 2.75) is 63.0 Å². The summed E-state index contributed by atoms with van der Waals surface area (Å²) < 4.78 is 41.1. The number of nitrogens with one attached hydrogen (secondary N) is 2. The van der Waals surface area contributed by atoms with Crippen LogP contribution in [0, 0.1) is 0 Å². The molecule has 1 aromatic carbocycles. The number of hydrogen-bond donors (Lipinski definition) is 3. The summed E-state index contributed by atoms with van der Waals surface area (Å²) in [5.41, 5.74) is -0.400. The molecule has 262 valence electrons. The third kappa shape index (κ3) is 7.63. The van der Waals surface area contributed by atoms with Gasteiger partial charge in [-0.1, -0.05) is 11.6 Å². The van der Waals surface area contributed by atoms with E-state index in [1.807, 2.05) is 11.4 Å². The third-order valence-corrected chi connectivity index (χ3v) is 11.2. The Morgan fingerprint density at radius 1 is 1.02 bits per heavy atom. The molecule has 2 aromatic rings. The van der Waals surface area contributed by atoms with Gasteiger partial charge in [0, 0.05) is 75.7 Å². The molecule has 0 radical (unpaired) electrons. The lowest BCUT2D eigenvalue weighted by molar-refractivity contribution is -0.138. The van der Waals surface area contributed by atoms with Gasteiger partial charge in [0.05, 0.1) is 22.8 Å². The summed E-state index contributed by atoms with van der Waals surface area (Å²) in [5.74, 6) is -1.45. The molecule has 48 heavy (non-hydrogen) atoms. The minimum absolute atomic E-state index is 0.0664. The van der Waals surface area contributed by atoms with E-state index in [1.165, 1.54) is 6.07 Å². The Bertz CT molecular complexity index is 1500. The number of phenols is 1. The first-order chi connectivity index (χ1) is 22.9. The lowest BCUT2D eigenvalue weighted by Crippen LogP contribution is -2.58. The average molecular weight is 712 g/mol. The maximum atomic E-state index is 14.0. The van der Waals surface area contributed by atoms with Crippen molar-refractivity contribution in [3.63, 3.8) is 0 Å². The van der Waals surface area contributed by atoms with E-state index in [-0.39, 0.29) is 30.0 Å². The summed E-state index contributed by atoms with van der Waals surface area (Å²) >= 11 is 7.57. The molecule has 1 aromatic heterocycles. The number of alkyl halides is 3. The van der Waals surface area contributed by atoms with Crippen LogP contribution in [0.25, 0.3) is 0 Å². The van der Waals surface area contributed by atoms with E-state index in [0.717, 1.165) is 55.7 Å². The van der Waals surface area contributed by atoms with Crippen LogP contribution in [0.15, 0.2) is 23.6 Å². The number of nitrogens with zero attached hydrogens (tertiary/aromatic N) is 5. The highest BCUT2D eigenvalue weighted by Crippen LogP contribution is 2.40. The van der Waals surface area contributed by atoms with E-state index in [1.54, 1.807) is 26.0 Å². The van der Waals surface area contributed by atoms with Crippen molar-refractivity contribution in [3.8, 4) is 5.75 Å². The molecule has 3 saturated heterocycles. The van der Waals surface area contributed by atoms with Crippen molar-refractivity contribution >= 4 is 46.6 Å². The van der Waals surface area contributed by atoms with Crippen molar-refractivity contribution in [1.82, 2.24) is 29.8 Å². The molecule has 5 amide bonds. The van der Waals surface area contributed by atoms with Crippen LogP contribution in [0.4, 0.5) is 28.4 Å². The van der Waals surface area contributed by atoms with Crippen LogP contribution < -0.4 is 10.6 Å². The van der Waals surface area contributed by atoms with Gasteiger partial charge in [0.25, 0.3) is 0 Å². The van der Waals surface area contributed by atoms with E-state index in [0.29, 0.717) is 51.6 Å². The molecule has 3 N–H and O–H groups in total. The zero-order valence-electron chi connectivity index (χ0n) is 26.8. The SMILES string of the molecule is CN1CCN(C2CCN(C(=O)[C@@H](Cc3cc(Cl)c(O)c(C(F)(F)F)c3)NC(=O)N3CCC(N4Cc5sccc5NC4=O)CC3)CC2)CC1. The van der Waals surface area contributed by atoms with Crippen LogP contribution in [0.3, 0.4) is 0 Å². The molecule has 4 aliphatic rings. The lowest BCUT2D eigenvalue weighted by atomic mass is 9.98. The highest BCUT2D eigenvalue weighted by atomic mass is 35.5. The van der Waals surface area contributed by atoms with E-state index in [2.05, 4.69) is 27.5 Å². The largest absolute Gasteiger partial charge is 0.506 e. The number of piperidine rings is 2. The van der Waals surface area contributed by atoms with Crippen molar-refractivity contribution in [2.24, 2.45) is 0 Å². The molecular weight excluding hydrogens is 671 g/mol. The lowest BCUT2D eigenvalue weighted by Gasteiger charge is -2.43. The maximum Gasteiger partial charge on any atom is 0.420 e. The van der Waals surface area contributed by atoms with E-state index in [4.69, 9.17) is 11.6 Å². The molecular formula is C32H41ClF3N7O4S. The minimum Gasteiger partial charge on any atom is -0.506 e. The summed E-state index contributed by atoms with van der Waals surface area (Å²) in [6.45, 7) is 6.05. The Hall–Kier alpha value is -3.27. The molecule has 6 rings (SSSR count). The number of hydrogen-bond acceptors (Lipinski definition) is 7. The second-order valence-electron chi connectivity index (χ2n) is 13.1. The summed E-state index contributed by atoms with van der Waals surface area (Å²) in [5, 5.41) is 17.2. The normalized spacial score (nSPS) is 21.2. The van der Waals surface area contributed by atoms with Crippen LogP contribution in [0.5, 0.6) is 5.75 Å². The average Bonchev–Trinajstić information content (AvgIpc) is 3.52. The first-order valence-electron chi connectivity index (χ1n) is 16.4. The number of aromatic hydroxyl groups is 1. The molecule has 0 bridgehead atoms. The molecule has 11 nitrogen and oxygen atoms in total. The number of anilines is 1. The van der Waals surface area contributed by atoms with Crippen LogP contribution in [0.1, 0.15) is 41.7 Å². The van der Waals surface area contributed by atoms with Gasteiger partial charge < -0.3 is 35.3 Å². The van der Waals surface area contributed by atoms with Crippen LogP contribution >= 0.6 is 22.9 Å². The molecule has 0 unspecified atom stereocenters. The first-order valence-corrected chi connectivity index (χ1v) is 17.6. The molecule has 3 fully saturated rings. The molecule has 16 heteroatoms. The van der Waals surface area contributed by atoms with Crippen LogP contribution in [-0.4, -0.2) is 125 Å². The van der Waals surface area contributed by atoms with Gasteiger partial charge in [-0.05, 0) is 61.9 Å². The topological polar surface area (TPSA) is 112 Å². The third-order valence-electron chi connectivity index (χ3n) is 10.0. The Morgan fingerprint density at radius 2 is 1.67 bits per heavy atom. The minimum atomic E-state index is -4.86. The molecule has 0 aliphatic carbocycles. The number of halogens is 4. The van der Waals surface area contributed by atoms with Gasteiger partial charge in [-0.2, -0.15) is 13.2 Å². The monoisotopic (exact) mass is 711 g/mol. The molecule has 5 heterocycles. The van der Waals surface area contributed by atoms with Crippen molar-refractivity contribution in [2.75, 3.05) is 64.7 Å². The number of carbonyl (C=O) groups is 3. The number of urea groups is 2. The number of phenolic OH excluding ortho intramolecular Hbond substituents is 1. The molecule has 4 aliphatic heterocycles. The summed E-state index contributed by atoms with van der Waals surface area (Å²) in [4.78, 5) is 51.2. The summed E-state index contributed by atoms with van der Waals surface area (Å²) in [7, 11) is 2.10. The number of rotatable bonds is 6. The Balaban J connectivity index is 1.13. The number of benzene rings is 1. The molecule has 1 atom stereocenters. The highest BCUT2D eigenvalue weighted by Gasteiger charge is 2.38. The predicted molar refractivity (Wildman–Crippen MR) is 176 cm³/mol. The quantitative estimate of drug-likeness (QED) is 0.407. The molecule has 0 saturated carbocycles. The van der Waals surface area contributed by atoms with E-state index >= 15 is 0 Å². The van der Waals surface area contributed by atoms with Crippen molar-refractivity contribution in [1.29, 1.82) is 0 Å². The maximum absolute atomic E-state index is 14.0. The number of likely N-dealkylation sites (tertiary alicyclic amines) is 2. The highest BCUT2D eigenvalue weighted by molar-refractivity contribution is 7.10. The van der Waals surface area contributed by atoms with Crippen molar-refractivity contribution < 1.29 is 32.7 Å². The van der Waals surface area contributed by atoms with E-state index in [9.17, 15) is 32.7 Å². The summed E-state index contributed by atoms with van der Waals surface area (Å²) in [6, 6.07) is 2.32. The molecule has 0 spiro atoms. The van der Waals surface area contributed by atoms with Gasteiger partial charge in [-0.15, -0.1) is 11.3 Å². The zero-order valence-corrected chi connectivity index (χ0v) is 28.3. The Labute approximate surface area is 286 Å². The predicted octanol–water partition coefficient (Wildman–Crippen LogP) is 4.50. The number of amides is 5. The van der Waals surface area contributed by atoms with Crippen molar-refractivity contribution in [3.05, 3.63) is 44.6 Å². The van der Waals surface area contributed by atoms with Crippen LogP contribution in [0.2, 0.25) is 5.02 Å². The van der Waals surface area contributed by atoms with Gasteiger partial charge in [-0.25, -0.2) is 9.59 Å². The van der Waals surface area contributed by atoms with Gasteiger partial charge in [0.1, 0.15) is 11.8 Å². The van der Waals surface area contributed by atoms with Gasteiger partial charge in [-0.3, -0.25) is 9.69 Å². The standard InChI is InChI=1S/C32H41ClF3N7O4S/c1-39-11-13-40(14-12-39)21-2-7-41(8-3-21)29(45)26(18-20-16-23(32(34,35)36)28(44)24(33)17-20)38-30(46)42-9-4-22(5-10-42)43-19-27-25(6-15-48-27)37-31(43)47/h6,15-17,21-22,26,44H,2-5,7-14,18-19H2,1H3,(H,37,47)(H,38,46)/t26-/m1/s1. The smallest absolute Gasteiger partial charge is 0.420 e. The zero-order chi connectivity index (χ0) is 34.2. The number of thiophene rings is 1. The van der Waals surface area contributed by atoms with Crippen LogP contribution in [-0.2, 0) is 23.9 Å². The first kappa shape index (κ1) is 34.6. The number of piperazine rings is 1. The fraction of sp³-hybridized carbons (Fsp3) is 0.594. The number of likely N-dealkylation sites (N-methyl/N-ethyl adjacent to an activating group) is 1. The second kappa shape index (κ2) is 14.3. The number of fused-ring (bicyclic) bond motifs is 1. The van der Waals surface area contributed by atoms with Gasteiger partial charge in [0.15, 0.2) is 0 Å². The van der Waals surface area contributed by atoms with Gasteiger partial charge in [0.2, 0.25) is 5.91 Å². The van der Waals surface area contributed by atoms with E-state index < -0.39 is 34.6 Å².